The lowest BCUT2D eigenvalue weighted by Crippen LogP contribution is -2.42. The Morgan fingerprint density at radius 1 is 1.04 bits per heavy atom. The molecule has 2 saturated heterocycles. The van der Waals surface area contributed by atoms with Crippen LogP contribution < -0.4 is 24.7 Å². The van der Waals surface area contributed by atoms with Gasteiger partial charge in [0.05, 0.1) is 42.3 Å². The molecule has 2 aromatic carbocycles. The first kappa shape index (κ1) is 35.3. The number of halogens is 2. The number of phosphoric acid groups is 2. The monoisotopic (exact) mass is 759 g/mol. The lowest BCUT2D eigenvalue weighted by molar-refractivity contribution is 0.00780. The molecule has 1 unspecified atom stereocenters. The maximum Gasteiger partial charge on any atom is 0.470 e. The normalized spacial score (nSPS) is 23.2. The molecule has 274 valence electrons. The predicted octanol–water partition coefficient (Wildman–Crippen LogP) is 2.65. The number of aromatic nitrogens is 1. The van der Waals surface area contributed by atoms with Crippen LogP contribution in [0.2, 0.25) is 0 Å². The SMILES string of the molecule is O=C(O)c1cn(C2CC2)c2c3c(c(F)cc2c1=O)N1C[C@@](COc2ccc(N4CC(COP(=O)(O)O)OC4=O)cc2F)(OP(=O)(O)O)C[C@H]1CO3. The van der Waals surface area contributed by atoms with Crippen molar-refractivity contribution in [2.75, 3.05) is 42.7 Å². The lowest BCUT2D eigenvalue weighted by atomic mass is 10.0. The molecule has 4 aliphatic rings. The second-order valence-electron chi connectivity index (χ2n) is 12.6. The molecule has 4 heterocycles. The van der Waals surface area contributed by atoms with Crippen LogP contribution >= 0.6 is 15.6 Å². The summed E-state index contributed by atoms with van der Waals surface area (Å²) in [5.41, 5.74) is -3.25. The molecule has 1 aliphatic carbocycles. The zero-order chi connectivity index (χ0) is 36.6. The maximum atomic E-state index is 15.9. The zero-order valence-corrected chi connectivity index (χ0v) is 27.9. The summed E-state index contributed by atoms with van der Waals surface area (Å²) in [6, 6.07) is 3.35. The number of amides is 1. The first-order valence-corrected chi connectivity index (χ1v) is 18.4. The summed E-state index contributed by atoms with van der Waals surface area (Å²) in [4.78, 5) is 77.2. The quantitative estimate of drug-likeness (QED) is 0.176. The molecule has 1 amide bonds. The Hall–Kier alpha value is -4.13. The van der Waals surface area contributed by atoms with Gasteiger partial charge in [0.15, 0.2) is 23.1 Å². The number of nitrogens with zero attached hydrogens (tertiary/aromatic N) is 3. The number of fused-ring (bicyclic) bond motifs is 5. The van der Waals surface area contributed by atoms with E-state index in [-0.39, 0.29) is 60.2 Å². The Balaban J connectivity index is 1.15. The number of anilines is 2. The zero-order valence-electron chi connectivity index (χ0n) is 26.1. The number of carboxylic acid groups (broad SMARTS) is 1. The van der Waals surface area contributed by atoms with Crippen LogP contribution in [0.4, 0.5) is 25.0 Å². The van der Waals surface area contributed by atoms with E-state index in [1.54, 1.807) is 4.57 Å². The molecule has 1 saturated carbocycles. The van der Waals surface area contributed by atoms with Gasteiger partial charge in [-0.1, -0.05) is 0 Å². The second kappa shape index (κ2) is 12.5. The van der Waals surface area contributed by atoms with Crippen LogP contribution in [0.1, 0.15) is 35.7 Å². The number of benzene rings is 2. The van der Waals surface area contributed by atoms with Crippen molar-refractivity contribution in [3.8, 4) is 11.5 Å². The first-order chi connectivity index (χ1) is 23.9. The van der Waals surface area contributed by atoms with E-state index in [9.17, 15) is 38.4 Å². The number of phosphoric ester groups is 2. The molecule has 1 aromatic heterocycles. The molecular weight excluding hydrogens is 730 g/mol. The standard InChI is InChI=1S/C29H29F2N3O15P2/c30-20-5-15(33-8-17(48-28(33)38)11-47-50(39,40)41)3-4-22(20)46-13-29(49-51(42,43)44)7-16-10-45-26-23-18(6-21(31)24(26)34(16)12-29)25(35)19(27(36)37)9-32(23)14-1-2-14/h3-6,9,14,16-17H,1-2,7-8,10-13H2,(H,36,37)(H2,39,40,41)(H2,42,43,44)/t16-,17?,29-/m0/s1. The Morgan fingerprint density at radius 2 is 1.78 bits per heavy atom. The third kappa shape index (κ3) is 6.93. The number of carbonyl (C=O) groups is 2. The topological polar surface area (TPSA) is 244 Å². The highest BCUT2D eigenvalue weighted by Crippen LogP contribution is 2.52. The number of rotatable bonds is 11. The summed E-state index contributed by atoms with van der Waals surface area (Å²) in [6.45, 7) is -2.00. The summed E-state index contributed by atoms with van der Waals surface area (Å²) in [5, 5.41) is 9.39. The number of carboxylic acids is 1. The van der Waals surface area contributed by atoms with Crippen LogP contribution in [0.3, 0.4) is 0 Å². The average molecular weight is 760 g/mol. The minimum absolute atomic E-state index is 0.000635. The second-order valence-corrected chi connectivity index (χ2v) is 15.0. The molecule has 5 N–H and O–H groups in total. The fourth-order valence-electron chi connectivity index (χ4n) is 6.71. The number of pyridine rings is 1. The Kier molecular flexibility index (Phi) is 8.66. The van der Waals surface area contributed by atoms with Gasteiger partial charge in [0.25, 0.3) is 0 Å². The van der Waals surface area contributed by atoms with E-state index in [0.29, 0.717) is 12.8 Å². The fourth-order valence-corrected chi connectivity index (χ4v) is 7.76. The van der Waals surface area contributed by atoms with E-state index >= 15 is 8.78 Å². The van der Waals surface area contributed by atoms with Crippen LogP contribution in [-0.4, -0.2) is 92.0 Å². The summed E-state index contributed by atoms with van der Waals surface area (Å²) < 4.78 is 82.3. The summed E-state index contributed by atoms with van der Waals surface area (Å²) >= 11 is 0. The van der Waals surface area contributed by atoms with E-state index in [2.05, 4.69) is 4.52 Å². The highest BCUT2D eigenvalue weighted by molar-refractivity contribution is 7.46. The molecule has 3 aromatic rings. The van der Waals surface area contributed by atoms with Gasteiger partial charge in [-0.2, -0.15) is 0 Å². The van der Waals surface area contributed by atoms with Crippen molar-refractivity contribution >= 4 is 50.0 Å². The molecule has 3 fully saturated rings. The average Bonchev–Trinajstić information content (AvgIpc) is 3.71. The van der Waals surface area contributed by atoms with Gasteiger partial charge in [-0.3, -0.25) is 18.7 Å². The van der Waals surface area contributed by atoms with Crippen molar-refractivity contribution in [3.05, 3.63) is 57.9 Å². The molecule has 22 heteroatoms. The Morgan fingerprint density at radius 3 is 2.43 bits per heavy atom. The predicted molar refractivity (Wildman–Crippen MR) is 168 cm³/mol. The van der Waals surface area contributed by atoms with Gasteiger partial charge in [-0.25, -0.2) is 27.5 Å². The van der Waals surface area contributed by atoms with E-state index in [1.165, 1.54) is 17.2 Å². The van der Waals surface area contributed by atoms with Gasteiger partial charge >= 0.3 is 27.7 Å². The van der Waals surface area contributed by atoms with Crippen molar-refractivity contribution in [1.82, 2.24) is 4.57 Å². The molecule has 51 heavy (non-hydrogen) atoms. The van der Waals surface area contributed by atoms with Gasteiger partial charge in [-0.05, 0) is 31.0 Å². The lowest BCUT2D eigenvalue weighted by Gasteiger charge is -2.35. The van der Waals surface area contributed by atoms with Crippen molar-refractivity contribution < 1.29 is 75.4 Å². The number of ether oxygens (including phenoxy) is 3. The largest absolute Gasteiger partial charge is 0.487 e. The van der Waals surface area contributed by atoms with E-state index in [1.807, 2.05) is 0 Å². The van der Waals surface area contributed by atoms with Gasteiger partial charge in [0.1, 0.15) is 36.2 Å². The van der Waals surface area contributed by atoms with Gasteiger partial charge in [0, 0.05) is 24.7 Å². The minimum atomic E-state index is -5.24. The van der Waals surface area contributed by atoms with Crippen molar-refractivity contribution in [1.29, 1.82) is 0 Å². The number of aromatic carboxylic acids is 1. The Bertz CT molecular complexity index is 2120. The molecule has 3 aliphatic heterocycles. The van der Waals surface area contributed by atoms with Crippen LogP contribution in [-0.2, 0) is 22.9 Å². The highest BCUT2D eigenvalue weighted by Gasteiger charge is 2.53. The molecular formula is C29H29F2N3O15P2. The van der Waals surface area contributed by atoms with Crippen LogP contribution in [0, 0.1) is 11.6 Å². The van der Waals surface area contributed by atoms with Gasteiger partial charge in [0.2, 0.25) is 5.43 Å². The molecule has 0 bridgehead atoms. The Labute approximate surface area is 285 Å². The van der Waals surface area contributed by atoms with Gasteiger partial charge < -0.3 is 48.4 Å². The molecule has 18 nitrogen and oxygen atoms in total. The van der Waals surface area contributed by atoms with Crippen molar-refractivity contribution in [2.24, 2.45) is 0 Å². The van der Waals surface area contributed by atoms with Crippen LogP contribution in [0.5, 0.6) is 11.5 Å². The minimum Gasteiger partial charge on any atom is -0.487 e. The van der Waals surface area contributed by atoms with Crippen molar-refractivity contribution in [3.63, 3.8) is 0 Å². The van der Waals surface area contributed by atoms with Gasteiger partial charge in [-0.15, -0.1) is 0 Å². The number of carbonyl (C=O) groups excluding carboxylic acids is 1. The van der Waals surface area contributed by atoms with Crippen LogP contribution in [0.15, 0.2) is 35.3 Å². The van der Waals surface area contributed by atoms with Crippen molar-refractivity contribution in [2.45, 2.75) is 43.1 Å². The molecule has 3 atom stereocenters. The number of cyclic esters (lactones) is 1. The summed E-state index contributed by atoms with van der Waals surface area (Å²) in [5.74, 6) is -3.87. The fraction of sp³-hybridized carbons (Fsp3) is 0.414. The van der Waals surface area contributed by atoms with E-state index < -0.39 is 87.0 Å². The highest BCUT2D eigenvalue weighted by atomic mass is 31.2. The van der Waals surface area contributed by atoms with E-state index in [0.717, 1.165) is 23.1 Å². The number of hydrogen-bond acceptors (Lipinski definition) is 11. The molecule has 0 spiro atoms. The maximum absolute atomic E-state index is 15.9. The number of hydrogen-bond donors (Lipinski definition) is 5. The smallest absolute Gasteiger partial charge is 0.470 e. The summed E-state index contributed by atoms with van der Waals surface area (Å²) in [7, 11) is -10.1. The summed E-state index contributed by atoms with van der Waals surface area (Å²) in [6.07, 6.45) is 0.386. The third-order valence-corrected chi connectivity index (χ3v) is 10.0. The third-order valence-electron chi connectivity index (χ3n) is 8.92. The first-order valence-electron chi connectivity index (χ1n) is 15.3. The molecule has 7 rings (SSSR count). The molecule has 0 radical (unpaired) electrons. The van der Waals surface area contributed by atoms with E-state index in [4.69, 9.17) is 28.5 Å². The van der Waals surface area contributed by atoms with Crippen LogP contribution in [0.25, 0.3) is 10.9 Å².